The minimum atomic E-state index is -1.12. The van der Waals surface area contributed by atoms with E-state index >= 15 is 0 Å². The van der Waals surface area contributed by atoms with Gasteiger partial charge in [0.15, 0.2) is 5.78 Å². The molecule has 1 aliphatic heterocycles. The van der Waals surface area contributed by atoms with Gasteiger partial charge in [0.05, 0.1) is 6.42 Å². The molecule has 21 heavy (non-hydrogen) atoms. The number of piperidine rings is 1. The first-order valence-corrected chi connectivity index (χ1v) is 6.98. The van der Waals surface area contributed by atoms with E-state index < -0.39 is 23.4 Å². The Balaban J connectivity index is 2.20. The van der Waals surface area contributed by atoms with Crippen molar-refractivity contribution < 1.29 is 23.5 Å². The Hall–Kier alpha value is -1.98. The predicted octanol–water partition coefficient (Wildman–Crippen LogP) is 3.00. The van der Waals surface area contributed by atoms with Gasteiger partial charge in [-0.05, 0) is 31.4 Å². The number of nitrogens with zero attached hydrogens (tertiary/aromatic N) is 1. The van der Waals surface area contributed by atoms with Crippen LogP contribution >= 0.6 is 0 Å². The van der Waals surface area contributed by atoms with E-state index in [1.807, 2.05) is 0 Å². The third-order valence-corrected chi connectivity index (χ3v) is 3.58. The second kappa shape index (κ2) is 6.65. The first kappa shape index (κ1) is 15.4. The topological polar surface area (TPSA) is 57.6 Å². The van der Waals surface area contributed by atoms with E-state index in [0.29, 0.717) is 13.1 Å². The van der Waals surface area contributed by atoms with Gasteiger partial charge in [0.25, 0.3) is 0 Å². The van der Waals surface area contributed by atoms with Gasteiger partial charge in [-0.3, -0.25) is 9.59 Å². The number of carboxylic acid groups (broad SMARTS) is 1. The smallest absolute Gasteiger partial charge is 0.303 e. The maximum atomic E-state index is 14.1. The Morgan fingerprint density at radius 1 is 1.05 bits per heavy atom. The summed E-state index contributed by atoms with van der Waals surface area (Å²) in [5.41, 5.74) is -0.212. The van der Waals surface area contributed by atoms with Crippen LogP contribution in [0.4, 0.5) is 14.5 Å². The van der Waals surface area contributed by atoms with Crippen LogP contribution in [0, 0.1) is 11.6 Å². The Kier molecular flexibility index (Phi) is 4.88. The van der Waals surface area contributed by atoms with Crippen molar-refractivity contribution in [2.75, 3.05) is 18.0 Å². The molecule has 0 aliphatic carbocycles. The summed E-state index contributed by atoms with van der Waals surface area (Å²) in [6.45, 7) is 1.19. The van der Waals surface area contributed by atoms with Crippen molar-refractivity contribution in [3.63, 3.8) is 0 Å². The quantitative estimate of drug-likeness (QED) is 0.849. The second-order valence-corrected chi connectivity index (χ2v) is 5.15. The van der Waals surface area contributed by atoms with E-state index in [4.69, 9.17) is 5.11 Å². The Morgan fingerprint density at radius 2 is 1.62 bits per heavy atom. The molecular weight excluding hydrogens is 280 g/mol. The zero-order valence-electron chi connectivity index (χ0n) is 11.6. The standard InChI is InChI=1S/C15H17F2NO3/c16-11-8-10(13(19)4-5-14(20)21)9-12(17)15(11)18-6-2-1-3-7-18/h8-9H,1-7H2,(H,20,21). The van der Waals surface area contributed by atoms with Gasteiger partial charge in [-0.15, -0.1) is 0 Å². The highest BCUT2D eigenvalue weighted by Gasteiger charge is 2.21. The molecule has 1 aromatic carbocycles. The number of benzene rings is 1. The van der Waals surface area contributed by atoms with Crippen LogP contribution in [-0.2, 0) is 4.79 Å². The third-order valence-electron chi connectivity index (χ3n) is 3.58. The summed E-state index contributed by atoms with van der Waals surface area (Å²) in [6.07, 6.45) is 2.20. The molecule has 0 radical (unpaired) electrons. The zero-order valence-corrected chi connectivity index (χ0v) is 11.6. The summed E-state index contributed by atoms with van der Waals surface area (Å²) in [7, 11) is 0. The summed E-state index contributed by atoms with van der Waals surface area (Å²) in [5, 5.41) is 8.53. The van der Waals surface area contributed by atoms with Crippen LogP contribution < -0.4 is 4.90 Å². The molecule has 0 saturated carbocycles. The van der Waals surface area contributed by atoms with Gasteiger partial charge < -0.3 is 10.0 Å². The average Bonchev–Trinajstić information content (AvgIpc) is 2.45. The molecule has 0 atom stereocenters. The number of halogens is 2. The van der Waals surface area contributed by atoms with Crippen LogP contribution in [0.1, 0.15) is 42.5 Å². The number of Topliss-reactive ketones (excluding diaryl/α,β-unsaturated/α-hetero) is 1. The van der Waals surface area contributed by atoms with Gasteiger partial charge in [0, 0.05) is 25.1 Å². The molecule has 4 nitrogen and oxygen atoms in total. The summed E-state index contributed by atoms with van der Waals surface area (Å²) >= 11 is 0. The average molecular weight is 297 g/mol. The number of carbonyl (C=O) groups is 2. The first-order chi connectivity index (χ1) is 9.99. The minimum Gasteiger partial charge on any atom is -0.481 e. The maximum absolute atomic E-state index is 14.1. The Bertz CT molecular complexity index is 531. The van der Waals surface area contributed by atoms with E-state index in [1.165, 1.54) is 0 Å². The van der Waals surface area contributed by atoms with Crippen LogP contribution in [0.2, 0.25) is 0 Å². The molecule has 1 fully saturated rings. The summed E-state index contributed by atoms with van der Waals surface area (Å²) in [6, 6.07) is 1.99. The molecule has 1 saturated heterocycles. The number of aliphatic carboxylic acids is 1. The van der Waals surface area contributed by atoms with Gasteiger partial charge in [0.2, 0.25) is 0 Å². The normalized spacial score (nSPS) is 15.0. The van der Waals surface area contributed by atoms with Crippen molar-refractivity contribution in [1.82, 2.24) is 0 Å². The molecule has 2 rings (SSSR count). The Morgan fingerprint density at radius 3 is 2.14 bits per heavy atom. The fourth-order valence-electron chi connectivity index (χ4n) is 2.51. The highest BCUT2D eigenvalue weighted by atomic mass is 19.1. The monoisotopic (exact) mass is 297 g/mol. The van der Waals surface area contributed by atoms with Gasteiger partial charge >= 0.3 is 5.97 Å². The van der Waals surface area contributed by atoms with Crippen LogP contribution in [-0.4, -0.2) is 29.9 Å². The van der Waals surface area contributed by atoms with E-state index in [2.05, 4.69) is 0 Å². The molecule has 1 N–H and O–H groups in total. The number of carbonyl (C=O) groups excluding carboxylic acids is 1. The van der Waals surface area contributed by atoms with Gasteiger partial charge in [-0.1, -0.05) is 0 Å². The lowest BCUT2D eigenvalue weighted by Crippen LogP contribution is -2.31. The summed E-state index contributed by atoms with van der Waals surface area (Å²) < 4.78 is 28.2. The SMILES string of the molecule is O=C(O)CCC(=O)c1cc(F)c(N2CCCCC2)c(F)c1. The van der Waals surface area contributed by atoms with Crippen molar-refractivity contribution in [3.8, 4) is 0 Å². The van der Waals surface area contributed by atoms with E-state index in [1.54, 1.807) is 4.90 Å². The van der Waals surface area contributed by atoms with Crippen LogP contribution in [0.25, 0.3) is 0 Å². The molecule has 0 unspecified atom stereocenters. The number of hydrogen-bond donors (Lipinski definition) is 1. The lowest BCUT2D eigenvalue weighted by atomic mass is 10.0. The number of anilines is 1. The predicted molar refractivity (Wildman–Crippen MR) is 73.6 cm³/mol. The van der Waals surface area contributed by atoms with Crippen molar-refractivity contribution in [1.29, 1.82) is 0 Å². The number of rotatable bonds is 5. The molecule has 0 spiro atoms. The molecule has 0 amide bonds. The number of carboxylic acids is 1. The molecule has 0 aromatic heterocycles. The van der Waals surface area contributed by atoms with Gasteiger partial charge in [-0.25, -0.2) is 8.78 Å². The highest BCUT2D eigenvalue weighted by molar-refractivity contribution is 5.97. The highest BCUT2D eigenvalue weighted by Crippen LogP contribution is 2.28. The van der Waals surface area contributed by atoms with Crippen molar-refractivity contribution in [2.45, 2.75) is 32.1 Å². The fraction of sp³-hybridized carbons (Fsp3) is 0.467. The van der Waals surface area contributed by atoms with E-state index in [0.717, 1.165) is 31.4 Å². The zero-order chi connectivity index (χ0) is 15.4. The second-order valence-electron chi connectivity index (χ2n) is 5.15. The maximum Gasteiger partial charge on any atom is 0.303 e. The molecule has 0 bridgehead atoms. The lowest BCUT2D eigenvalue weighted by Gasteiger charge is -2.29. The first-order valence-electron chi connectivity index (χ1n) is 6.98. The largest absolute Gasteiger partial charge is 0.481 e. The molecule has 1 heterocycles. The fourth-order valence-corrected chi connectivity index (χ4v) is 2.51. The molecule has 1 aliphatic rings. The third kappa shape index (κ3) is 3.77. The number of hydrogen-bond acceptors (Lipinski definition) is 3. The molecule has 6 heteroatoms. The molecule has 1 aromatic rings. The van der Waals surface area contributed by atoms with Crippen LogP contribution in [0.5, 0.6) is 0 Å². The van der Waals surface area contributed by atoms with Crippen molar-refractivity contribution in [3.05, 3.63) is 29.3 Å². The van der Waals surface area contributed by atoms with Gasteiger partial charge in [-0.2, -0.15) is 0 Å². The van der Waals surface area contributed by atoms with Crippen LogP contribution in [0.3, 0.4) is 0 Å². The van der Waals surface area contributed by atoms with E-state index in [-0.39, 0.29) is 24.1 Å². The van der Waals surface area contributed by atoms with Crippen LogP contribution in [0.15, 0.2) is 12.1 Å². The van der Waals surface area contributed by atoms with Crippen molar-refractivity contribution >= 4 is 17.4 Å². The minimum absolute atomic E-state index is 0.0931. The number of ketones is 1. The molecule has 114 valence electrons. The lowest BCUT2D eigenvalue weighted by molar-refractivity contribution is -0.136. The van der Waals surface area contributed by atoms with Crippen molar-refractivity contribution in [2.24, 2.45) is 0 Å². The van der Waals surface area contributed by atoms with Gasteiger partial charge in [0.1, 0.15) is 17.3 Å². The summed E-state index contributed by atoms with van der Waals surface area (Å²) in [4.78, 5) is 23.8. The van der Waals surface area contributed by atoms with E-state index in [9.17, 15) is 18.4 Å². The summed E-state index contributed by atoms with van der Waals surface area (Å²) in [5.74, 6) is -3.22. The molecular formula is C15H17F2NO3. The Labute approximate surface area is 121 Å².